The minimum absolute atomic E-state index is 0.335. The summed E-state index contributed by atoms with van der Waals surface area (Å²) < 4.78 is 5.16. The molecule has 4 rings (SSSR count). The molecule has 1 saturated heterocycles. The van der Waals surface area contributed by atoms with Crippen molar-refractivity contribution in [3.05, 3.63) is 65.9 Å². The Bertz CT molecular complexity index is 1080. The van der Waals surface area contributed by atoms with Crippen molar-refractivity contribution < 1.29 is 14.3 Å². The van der Waals surface area contributed by atoms with Crippen LogP contribution in [0.3, 0.4) is 0 Å². The van der Waals surface area contributed by atoms with E-state index in [9.17, 15) is 9.59 Å². The van der Waals surface area contributed by atoms with Crippen molar-refractivity contribution in [1.82, 2.24) is 9.88 Å². The number of pyridine rings is 1. The number of fused-ring (bicyclic) bond motifs is 1. The van der Waals surface area contributed by atoms with Gasteiger partial charge in [-0.1, -0.05) is 55.0 Å². The molecule has 1 fully saturated rings. The van der Waals surface area contributed by atoms with Gasteiger partial charge in [0.25, 0.3) is 0 Å². The molecule has 0 bridgehead atoms. The Morgan fingerprint density at radius 3 is 2.57 bits per heavy atom. The van der Waals surface area contributed by atoms with Crippen molar-refractivity contribution in [3.63, 3.8) is 0 Å². The van der Waals surface area contributed by atoms with Crippen molar-refractivity contribution in [3.8, 4) is 11.1 Å². The van der Waals surface area contributed by atoms with E-state index in [1.54, 1.807) is 0 Å². The van der Waals surface area contributed by atoms with E-state index in [-0.39, 0.29) is 11.9 Å². The second kappa shape index (κ2) is 8.63. The van der Waals surface area contributed by atoms with Gasteiger partial charge in [0.1, 0.15) is 0 Å². The summed E-state index contributed by atoms with van der Waals surface area (Å²) in [6.07, 6.45) is 2.67. The Balaban J connectivity index is 1.93. The highest BCUT2D eigenvalue weighted by Gasteiger charge is 2.30. The molecular weight excluding hydrogens is 378 g/mol. The minimum Gasteiger partial charge on any atom is -0.465 e. The minimum atomic E-state index is -0.435. The van der Waals surface area contributed by atoms with Crippen LogP contribution in [-0.4, -0.2) is 41.5 Å². The molecule has 154 valence electrons. The van der Waals surface area contributed by atoms with Gasteiger partial charge in [-0.05, 0) is 31.0 Å². The number of piperidine rings is 1. The van der Waals surface area contributed by atoms with Gasteiger partial charge in [-0.15, -0.1) is 0 Å². The Morgan fingerprint density at radius 1 is 1.10 bits per heavy atom. The molecule has 1 aliphatic heterocycles. The molecule has 0 unspecified atom stereocenters. The van der Waals surface area contributed by atoms with Gasteiger partial charge in [-0.3, -0.25) is 14.7 Å². The van der Waals surface area contributed by atoms with Gasteiger partial charge in [-0.25, -0.2) is 4.79 Å². The number of esters is 1. The molecule has 0 aliphatic carbocycles. The molecule has 2 aromatic carbocycles. The van der Waals surface area contributed by atoms with Crippen LogP contribution >= 0.6 is 0 Å². The van der Waals surface area contributed by atoms with Crippen LogP contribution in [0.1, 0.15) is 35.3 Å². The Morgan fingerprint density at radius 2 is 1.83 bits per heavy atom. The van der Waals surface area contributed by atoms with E-state index in [4.69, 9.17) is 15.5 Å². The first-order valence-corrected chi connectivity index (χ1v) is 10.2. The van der Waals surface area contributed by atoms with Crippen LogP contribution < -0.4 is 5.73 Å². The summed E-state index contributed by atoms with van der Waals surface area (Å²) in [5.74, 6) is -0.770. The molecule has 2 heterocycles. The normalized spacial score (nSPS) is 17.0. The highest BCUT2D eigenvalue weighted by atomic mass is 16.5. The largest absolute Gasteiger partial charge is 0.465 e. The summed E-state index contributed by atoms with van der Waals surface area (Å²) in [6, 6.07) is 17.2. The van der Waals surface area contributed by atoms with E-state index >= 15 is 0 Å². The van der Waals surface area contributed by atoms with Crippen LogP contribution in [0.4, 0.5) is 0 Å². The smallest absolute Gasteiger partial charge is 0.340 e. The lowest BCUT2D eigenvalue weighted by Gasteiger charge is -2.33. The van der Waals surface area contributed by atoms with Gasteiger partial charge < -0.3 is 10.5 Å². The number of carbonyl (C=O) groups excluding carboxylic acids is 2. The molecule has 0 radical (unpaired) electrons. The maximum Gasteiger partial charge on any atom is 0.340 e. The summed E-state index contributed by atoms with van der Waals surface area (Å²) in [7, 11) is 1.38. The number of hydrogen-bond donors (Lipinski definition) is 1. The van der Waals surface area contributed by atoms with Gasteiger partial charge in [0.2, 0.25) is 5.91 Å². The summed E-state index contributed by atoms with van der Waals surface area (Å²) in [6.45, 7) is 1.10. The fourth-order valence-electron chi connectivity index (χ4n) is 4.30. The highest BCUT2D eigenvalue weighted by molar-refractivity contribution is 6.07. The number of nitrogens with two attached hydrogens (primary N) is 1. The topological polar surface area (TPSA) is 85.5 Å². The number of carbonyl (C=O) groups is 2. The summed E-state index contributed by atoms with van der Waals surface area (Å²) >= 11 is 0. The number of nitrogens with zero attached hydrogens (tertiary/aromatic N) is 2. The van der Waals surface area contributed by atoms with E-state index in [0.29, 0.717) is 17.8 Å². The number of para-hydroxylation sites is 1. The molecule has 2 N–H and O–H groups in total. The molecule has 6 heteroatoms. The van der Waals surface area contributed by atoms with Crippen molar-refractivity contribution >= 4 is 22.8 Å². The monoisotopic (exact) mass is 403 g/mol. The van der Waals surface area contributed by atoms with E-state index in [1.165, 1.54) is 7.11 Å². The maximum absolute atomic E-state index is 13.0. The lowest BCUT2D eigenvalue weighted by atomic mass is 9.93. The highest BCUT2D eigenvalue weighted by Crippen LogP contribution is 2.34. The lowest BCUT2D eigenvalue weighted by Crippen LogP contribution is -2.47. The third-order valence-corrected chi connectivity index (χ3v) is 5.71. The summed E-state index contributed by atoms with van der Waals surface area (Å²) in [5, 5.41) is 0.887. The standard InChI is InChI=1S/C24H25N3O3/c1-30-24(29)22-19(15-27-14-8-7-13-20(27)23(25)28)26-18-12-6-5-11-17(18)21(22)16-9-3-2-4-10-16/h2-6,9-12,20H,7-8,13-15H2,1H3,(H2,25,28)/t20-/m1/s1. The lowest BCUT2D eigenvalue weighted by molar-refractivity contribution is -0.124. The second-order valence-corrected chi connectivity index (χ2v) is 7.57. The fourth-order valence-corrected chi connectivity index (χ4v) is 4.30. The number of aromatic nitrogens is 1. The SMILES string of the molecule is COC(=O)c1c(CN2CCCC[C@@H]2C(N)=O)nc2ccccc2c1-c1ccccc1. The Kier molecular flexibility index (Phi) is 5.77. The molecule has 6 nitrogen and oxygen atoms in total. The first-order chi connectivity index (χ1) is 14.6. The number of likely N-dealkylation sites (tertiary alicyclic amines) is 1. The van der Waals surface area contributed by atoms with E-state index in [0.717, 1.165) is 47.8 Å². The number of primary amides is 1. The fraction of sp³-hybridized carbons (Fsp3) is 0.292. The molecule has 0 spiro atoms. The summed E-state index contributed by atoms with van der Waals surface area (Å²) in [5.41, 5.74) is 9.22. The van der Waals surface area contributed by atoms with Gasteiger partial charge in [0, 0.05) is 17.5 Å². The van der Waals surface area contributed by atoms with Gasteiger partial charge in [0.05, 0.1) is 29.9 Å². The molecule has 1 aromatic heterocycles. The second-order valence-electron chi connectivity index (χ2n) is 7.57. The maximum atomic E-state index is 13.0. The van der Waals surface area contributed by atoms with Crippen LogP contribution in [0.15, 0.2) is 54.6 Å². The van der Waals surface area contributed by atoms with Crippen LogP contribution in [0.2, 0.25) is 0 Å². The quantitative estimate of drug-likeness (QED) is 0.659. The predicted octanol–water partition coefficient (Wildman–Crippen LogP) is 3.53. The third-order valence-electron chi connectivity index (χ3n) is 5.71. The van der Waals surface area contributed by atoms with Crippen LogP contribution in [-0.2, 0) is 16.1 Å². The number of amides is 1. The Labute approximate surface area is 175 Å². The molecule has 3 aromatic rings. The number of methoxy groups -OCH3 is 1. The van der Waals surface area contributed by atoms with Crippen molar-refractivity contribution in [2.75, 3.05) is 13.7 Å². The first-order valence-electron chi connectivity index (χ1n) is 10.2. The molecule has 1 aliphatic rings. The molecule has 0 saturated carbocycles. The average Bonchev–Trinajstić information content (AvgIpc) is 2.78. The van der Waals surface area contributed by atoms with Gasteiger partial charge >= 0.3 is 5.97 Å². The van der Waals surface area contributed by atoms with Crippen molar-refractivity contribution in [2.24, 2.45) is 5.73 Å². The van der Waals surface area contributed by atoms with Crippen LogP contribution in [0.5, 0.6) is 0 Å². The van der Waals surface area contributed by atoms with E-state index in [1.807, 2.05) is 59.5 Å². The van der Waals surface area contributed by atoms with E-state index in [2.05, 4.69) is 0 Å². The van der Waals surface area contributed by atoms with Gasteiger partial charge in [-0.2, -0.15) is 0 Å². The first kappa shape index (κ1) is 20.0. The molecule has 1 atom stereocenters. The van der Waals surface area contributed by atoms with E-state index < -0.39 is 5.97 Å². The van der Waals surface area contributed by atoms with Crippen LogP contribution in [0.25, 0.3) is 22.0 Å². The molecule has 30 heavy (non-hydrogen) atoms. The predicted molar refractivity (Wildman–Crippen MR) is 116 cm³/mol. The number of ether oxygens (including phenoxy) is 1. The zero-order valence-electron chi connectivity index (χ0n) is 17.0. The van der Waals surface area contributed by atoms with Crippen molar-refractivity contribution in [2.45, 2.75) is 31.8 Å². The average molecular weight is 403 g/mol. The van der Waals surface area contributed by atoms with Gasteiger partial charge in [0.15, 0.2) is 0 Å². The van der Waals surface area contributed by atoms with Crippen molar-refractivity contribution in [1.29, 1.82) is 0 Å². The summed E-state index contributed by atoms with van der Waals surface area (Å²) in [4.78, 5) is 31.8. The number of benzene rings is 2. The molecular formula is C24H25N3O3. The zero-order valence-corrected chi connectivity index (χ0v) is 17.0. The third kappa shape index (κ3) is 3.78. The zero-order chi connectivity index (χ0) is 21.1. The number of hydrogen-bond acceptors (Lipinski definition) is 5. The molecule has 1 amide bonds. The van der Waals surface area contributed by atoms with Crippen LogP contribution in [0, 0.1) is 0 Å². The Hall–Kier alpha value is -3.25. The number of rotatable bonds is 5.